The van der Waals surface area contributed by atoms with Crippen molar-refractivity contribution in [3.8, 4) is 11.5 Å². The van der Waals surface area contributed by atoms with Crippen molar-refractivity contribution in [3.05, 3.63) is 119 Å². The van der Waals surface area contributed by atoms with E-state index >= 15 is 13.2 Å². The number of aliphatic hydroxyl groups is 2. The molecule has 5 heterocycles. The van der Waals surface area contributed by atoms with Gasteiger partial charge in [0.25, 0.3) is 10.2 Å². The largest absolute Gasteiger partial charge is 0.457 e. The minimum absolute atomic E-state index is 0.0523. The summed E-state index contributed by atoms with van der Waals surface area (Å²) < 4.78 is 139. The van der Waals surface area contributed by atoms with Gasteiger partial charge in [0.1, 0.15) is 42.1 Å². The first-order valence-electron chi connectivity index (χ1n) is 19.4. The number of carbonyl (C=O) groups is 3. The van der Waals surface area contributed by atoms with E-state index in [1.807, 2.05) is 0 Å². The molecule has 0 radical (unpaired) electrons. The number of aryl methyl sites for hydroxylation is 1. The summed E-state index contributed by atoms with van der Waals surface area (Å²) in [6.07, 6.45) is -4.16. The number of nitrogens with zero attached hydrogens (tertiary/aromatic N) is 3. The fourth-order valence-electron chi connectivity index (χ4n) is 6.69. The molecule has 366 valence electrons. The van der Waals surface area contributed by atoms with E-state index in [-0.39, 0.29) is 49.4 Å². The molecule has 6 N–H and O–H groups in total. The standard InChI is InChI=1S/C37H36F3N3O21P4/c38-27-14-24(7-8-26(27)32-61-65(49,50)36(47,66(51,52)62-32)17-22-4-1-9-41-19-22)58-21-59-30(44)6-3-11-42-10-2-5-23(20-42)18-37(48)67(53,54)63-33(64-68(37,55)56)31-28(39)15-25(16-29(31)40)60-35(46)43-12-13-57-34(43)45/h1-2,4-5,7-10,14-16,19-20,32-33,47-48H,3,6,11-13,17-18,21H2,(H3-,49,50,51,52,53,54,55,56)/p+1. The van der Waals surface area contributed by atoms with E-state index in [4.69, 9.17) is 32.3 Å². The Morgan fingerprint density at radius 1 is 0.809 bits per heavy atom. The highest BCUT2D eigenvalue weighted by molar-refractivity contribution is 7.73. The van der Waals surface area contributed by atoms with Gasteiger partial charge in [0.05, 0.1) is 18.5 Å². The molecule has 3 fully saturated rings. The number of carbonyl (C=O) groups excluding carboxylic acids is 3. The van der Waals surface area contributed by atoms with Gasteiger partial charge in [-0.1, -0.05) is 6.07 Å². The molecular formula is C37H37F3N3O21P4+. The molecule has 3 aliphatic heterocycles. The fourth-order valence-corrected chi connectivity index (χ4v) is 13.8. The van der Waals surface area contributed by atoms with Crippen LogP contribution in [0.2, 0.25) is 0 Å². The van der Waals surface area contributed by atoms with E-state index in [0.29, 0.717) is 17.0 Å². The molecule has 31 heteroatoms. The minimum Gasteiger partial charge on any atom is -0.457 e. The van der Waals surface area contributed by atoms with Gasteiger partial charge in [0, 0.05) is 67.0 Å². The van der Waals surface area contributed by atoms with Gasteiger partial charge >= 0.3 is 48.5 Å². The summed E-state index contributed by atoms with van der Waals surface area (Å²) in [7, 11) is -22.3. The third-order valence-electron chi connectivity index (χ3n) is 10.2. The number of hydrogen-bond acceptors (Lipinski definition) is 18. The molecule has 3 aliphatic rings. The highest BCUT2D eigenvalue weighted by Crippen LogP contribution is 2.80. The van der Waals surface area contributed by atoms with Crippen LogP contribution in [0.4, 0.5) is 22.8 Å². The van der Waals surface area contributed by atoms with Gasteiger partial charge in [-0.25, -0.2) is 32.2 Å². The summed E-state index contributed by atoms with van der Waals surface area (Å²) in [6, 6.07) is 8.97. The number of rotatable bonds is 14. The van der Waals surface area contributed by atoms with Gasteiger partial charge in [0.2, 0.25) is 19.4 Å². The van der Waals surface area contributed by atoms with Crippen molar-refractivity contribution in [1.29, 1.82) is 0 Å². The van der Waals surface area contributed by atoms with Crippen LogP contribution in [0, 0.1) is 17.5 Å². The van der Waals surface area contributed by atoms with Crippen LogP contribution in [0.5, 0.6) is 11.5 Å². The predicted molar refractivity (Wildman–Crippen MR) is 215 cm³/mol. The summed E-state index contributed by atoms with van der Waals surface area (Å²) in [6.45, 7) is -1.04. The third-order valence-corrected chi connectivity index (χ3v) is 19.4. The number of benzene rings is 2. The molecule has 2 aromatic heterocycles. The maximum absolute atomic E-state index is 15.2. The summed E-state index contributed by atoms with van der Waals surface area (Å²) in [5.74, 6) is -6.31. The molecule has 24 nitrogen and oxygen atoms in total. The second-order valence-electron chi connectivity index (χ2n) is 14.9. The molecule has 2 amide bonds. The Kier molecular flexibility index (Phi) is 14.6. The van der Waals surface area contributed by atoms with Crippen LogP contribution in [-0.2, 0) is 70.0 Å². The summed E-state index contributed by atoms with van der Waals surface area (Å²) in [5, 5.41) is 15.2. The number of amides is 2. The smallest absolute Gasteiger partial charge is 0.424 e. The van der Waals surface area contributed by atoms with Gasteiger partial charge < -0.3 is 48.7 Å². The highest BCUT2D eigenvalue weighted by atomic mass is 31.2. The molecule has 2 aromatic carbocycles. The van der Waals surface area contributed by atoms with Gasteiger partial charge in [0.15, 0.2) is 12.4 Å². The van der Waals surface area contributed by atoms with Crippen molar-refractivity contribution in [3.63, 3.8) is 0 Å². The summed E-state index contributed by atoms with van der Waals surface area (Å²) in [4.78, 5) is 83.1. The Morgan fingerprint density at radius 2 is 1.40 bits per heavy atom. The summed E-state index contributed by atoms with van der Waals surface area (Å²) >= 11 is 0. The lowest BCUT2D eigenvalue weighted by atomic mass is 10.2. The highest BCUT2D eigenvalue weighted by Gasteiger charge is 2.69. The average molecular weight is 1040 g/mol. The van der Waals surface area contributed by atoms with Crippen molar-refractivity contribution < 1.29 is 117 Å². The number of cyclic esters (lactones) is 1. The topological polar surface area (TPSA) is 335 Å². The quantitative estimate of drug-likeness (QED) is 0.0431. The number of esters is 1. The first-order chi connectivity index (χ1) is 31.8. The van der Waals surface area contributed by atoms with Crippen LogP contribution in [0.1, 0.15) is 47.7 Å². The molecule has 3 saturated heterocycles. The maximum Gasteiger partial charge on any atom is 0.424 e. The van der Waals surface area contributed by atoms with Gasteiger partial charge in [-0.3, -0.25) is 46.1 Å². The molecule has 4 unspecified atom stereocenters. The lowest BCUT2D eigenvalue weighted by molar-refractivity contribution is -0.697. The average Bonchev–Trinajstić information content (AvgIpc) is 3.68. The van der Waals surface area contributed by atoms with Crippen LogP contribution < -0.4 is 14.0 Å². The van der Waals surface area contributed by atoms with E-state index in [2.05, 4.69) is 9.72 Å². The van der Waals surface area contributed by atoms with E-state index in [1.165, 1.54) is 53.6 Å². The second-order valence-corrected chi connectivity index (χ2v) is 23.6. The molecule has 4 atom stereocenters. The zero-order chi connectivity index (χ0) is 49.5. The normalized spacial score (nSPS) is 30.4. The Bertz CT molecular complexity index is 2750. The van der Waals surface area contributed by atoms with E-state index in [9.17, 15) is 62.4 Å². The molecule has 68 heavy (non-hydrogen) atoms. The van der Waals surface area contributed by atoms with Crippen molar-refractivity contribution in [2.45, 2.75) is 55.0 Å². The number of imide groups is 1. The van der Waals surface area contributed by atoms with Crippen LogP contribution in [0.25, 0.3) is 0 Å². The SMILES string of the molecule is O=C(CCC[n+]1cccc(CC2(O)P(=O)(O)OC(c3c(F)cc(OC(=O)N4CCOC4=O)cc3F)OP2(=O)O)c1)OCOc1ccc(C2OP(=O)(O)C(O)(Cc3cccnc3)P(=O)(O)O2)c(F)c1. The predicted octanol–water partition coefficient (Wildman–Crippen LogP) is 4.71. The number of halogens is 3. The number of pyridine rings is 2. The molecule has 0 saturated carbocycles. The Morgan fingerprint density at radius 3 is 1.97 bits per heavy atom. The van der Waals surface area contributed by atoms with Crippen molar-refractivity contribution in [1.82, 2.24) is 9.88 Å². The van der Waals surface area contributed by atoms with E-state index in [0.717, 1.165) is 18.2 Å². The van der Waals surface area contributed by atoms with E-state index in [1.54, 1.807) is 0 Å². The van der Waals surface area contributed by atoms with Crippen molar-refractivity contribution >= 4 is 48.5 Å². The van der Waals surface area contributed by atoms with Gasteiger partial charge in [-0.15, -0.1) is 0 Å². The molecule has 7 rings (SSSR count). The first kappa shape index (κ1) is 50.9. The third kappa shape index (κ3) is 10.3. The minimum atomic E-state index is -5.75. The zero-order valence-electron chi connectivity index (χ0n) is 34.4. The molecule has 0 aliphatic carbocycles. The number of ether oxygens (including phenoxy) is 4. The van der Waals surface area contributed by atoms with Crippen molar-refractivity contribution in [2.24, 2.45) is 0 Å². The molecule has 4 aromatic rings. The Labute approximate surface area is 380 Å². The first-order valence-corrected chi connectivity index (χ1v) is 25.8. The van der Waals surface area contributed by atoms with Gasteiger partial charge in [-0.05, 0) is 29.8 Å². The fraction of sp³-hybridized carbons (Fsp3) is 0.324. The monoisotopic (exact) mass is 1040 g/mol. The van der Waals surface area contributed by atoms with E-state index < -0.39 is 125 Å². The lowest BCUT2D eigenvalue weighted by Gasteiger charge is -2.41. The lowest BCUT2D eigenvalue weighted by Crippen LogP contribution is -2.39. The van der Waals surface area contributed by atoms with Gasteiger partial charge in [-0.2, -0.15) is 0 Å². The summed E-state index contributed by atoms with van der Waals surface area (Å²) in [5.41, 5.74) is -1.88. The van der Waals surface area contributed by atoms with Crippen LogP contribution >= 0.6 is 30.4 Å². The van der Waals surface area contributed by atoms with Crippen molar-refractivity contribution in [2.75, 3.05) is 19.9 Å². The van der Waals surface area contributed by atoms with Crippen LogP contribution in [-0.4, -0.2) is 87.9 Å². The molecule has 0 bridgehead atoms. The Hall–Kier alpha value is -4.94. The second kappa shape index (κ2) is 19.5. The maximum atomic E-state index is 15.2. The molecular weight excluding hydrogens is 1000 g/mol. The zero-order valence-corrected chi connectivity index (χ0v) is 38.0. The van der Waals surface area contributed by atoms with Crippen LogP contribution in [0.15, 0.2) is 79.4 Å². The number of hydrogen-bond donors (Lipinski definition) is 6. The Balaban J connectivity index is 0.897. The van der Waals surface area contributed by atoms with Crippen LogP contribution in [0.3, 0.4) is 0 Å². The molecule has 0 spiro atoms. The number of aromatic nitrogens is 2.